The van der Waals surface area contributed by atoms with Gasteiger partial charge in [-0.05, 0) is 25.0 Å². The van der Waals surface area contributed by atoms with Gasteiger partial charge in [-0.3, -0.25) is 9.59 Å². The number of para-hydroxylation sites is 1. The Hall–Kier alpha value is -2.89. The van der Waals surface area contributed by atoms with E-state index in [1.54, 1.807) is 35.4 Å². The number of hydrogen-bond donors (Lipinski definition) is 0. The number of carbonyl (C=O) groups is 1. The molecule has 0 radical (unpaired) electrons. The first-order valence-corrected chi connectivity index (χ1v) is 8.43. The van der Waals surface area contributed by atoms with Gasteiger partial charge in [-0.1, -0.05) is 12.1 Å². The highest BCUT2D eigenvalue weighted by Gasteiger charge is 2.29. The highest BCUT2D eigenvalue weighted by molar-refractivity contribution is 5.93. The lowest BCUT2D eigenvalue weighted by molar-refractivity contribution is 0.0672. The van der Waals surface area contributed by atoms with Gasteiger partial charge in [0.25, 0.3) is 5.91 Å². The Morgan fingerprint density at radius 3 is 2.96 bits per heavy atom. The van der Waals surface area contributed by atoms with E-state index in [0.717, 1.165) is 18.7 Å². The molecule has 128 valence electrons. The van der Waals surface area contributed by atoms with Crippen molar-refractivity contribution >= 4 is 16.9 Å². The molecule has 0 aliphatic carbocycles. The normalized spacial score (nSPS) is 17.8. The second kappa shape index (κ2) is 6.20. The number of nitrogens with zero attached hydrogens (tertiary/aromatic N) is 3. The largest absolute Gasteiger partial charge is 0.451 e. The summed E-state index contributed by atoms with van der Waals surface area (Å²) in [6.07, 6.45) is 5.59. The van der Waals surface area contributed by atoms with Crippen molar-refractivity contribution in [3.63, 3.8) is 0 Å². The van der Waals surface area contributed by atoms with Crippen LogP contribution < -0.4 is 5.43 Å². The van der Waals surface area contributed by atoms with Gasteiger partial charge in [-0.2, -0.15) is 0 Å². The van der Waals surface area contributed by atoms with Gasteiger partial charge in [0, 0.05) is 44.5 Å². The zero-order chi connectivity index (χ0) is 17.4. The van der Waals surface area contributed by atoms with Crippen molar-refractivity contribution in [1.82, 2.24) is 14.5 Å². The minimum absolute atomic E-state index is 0.101. The highest BCUT2D eigenvalue weighted by atomic mass is 16.3. The molecule has 2 aromatic heterocycles. The maximum Gasteiger partial charge on any atom is 0.289 e. The number of benzene rings is 1. The molecule has 0 saturated carbocycles. The van der Waals surface area contributed by atoms with Gasteiger partial charge in [0.05, 0.1) is 5.39 Å². The SMILES string of the molecule is Cn1ccnc1[C@@H]1CCCN(C(=O)c2cc(=O)c3ccccc3o2)C1. The third-order valence-electron chi connectivity index (χ3n) is 4.78. The number of imidazole rings is 1. The van der Waals surface area contributed by atoms with Crippen molar-refractivity contribution in [2.24, 2.45) is 7.05 Å². The molecule has 0 spiro atoms. The number of rotatable bonds is 2. The van der Waals surface area contributed by atoms with E-state index in [-0.39, 0.29) is 23.0 Å². The lowest BCUT2D eigenvalue weighted by atomic mass is 9.97. The van der Waals surface area contributed by atoms with E-state index in [1.165, 1.54) is 6.07 Å². The van der Waals surface area contributed by atoms with Crippen LogP contribution in [0.25, 0.3) is 11.0 Å². The van der Waals surface area contributed by atoms with Crippen LogP contribution in [-0.2, 0) is 7.05 Å². The summed E-state index contributed by atoms with van der Waals surface area (Å²) >= 11 is 0. The van der Waals surface area contributed by atoms with Crippen LogP contribution >= 0.6 is 0 Å². The quantitative estimate of drug-likeness (QED) is 0.721. The first-order chi connectivity index (χ1) is 12.1. The second-order valence-electron chi connectivity index (χ2n) is 6.46. The zero-order valence-electron chi connectivity index (χ0n) is 14.0. The first-order valence-electron chi connectivity index (χ1n) is 8.43. The van der Waals surface area contributed by atoms with Gasteiger partial charge >= 0.3 is 0 Å². The van der Waals surface area contributed by atoms with E-state index >= 15 is 0 Å². The maximum atomic E-state index is 12.9. The lowest BCUT2D eigenvalue weighted by Gasteiger charge is -2.32. The van der Waals surface area contributed by atoms with E-state index in [9.17, 15) is 9.59 Å². The molecule has 0 unspecified atom stereocenters. The van der Waals surface area contributed by atoms with E-state index in [0.29, 0.717) is 24.1 Å². The molecule has 1 saturated heterocycles. The summed E-state index contributed by atoms with van der Waals surface area (Å²) in [6.45, 7) is 1.25. The fourth-order valence-electron chi connectivity index (χ4n) is 3.51. The lowest BCUT2D eigenvalue weighted by Crippen LogP contribution is -2.40. The summed E-state index contributed by atoms with van der Waals surface area (Å²) in [4.78, 5) is 31.3. The summed E-state index contributed by atoms with van der Waals surface area (Å²) in [6, 6.07) is 8.28. The maximum absolute atomic E-state index is 12.9. The molecule has 3 heterocycles. The van der Waals surface area contributed by atoms with Gasteiger partial charge in [-0.15, -0.1) is 0 Å². The summed E-state index contributed by atoms with van der Waals surface area (Å²) in [5.74, 6) is 1.05. The van der Waals surface area contributed by atoms with Crippen LogP contribution in [0.4, 0.5) is 0 Å². The van der Waals surface area contributed by atoms with Gasteiger partial charge in [-0.25, -0.2) is 4.98 Å². The van der Waals surface area contributed by atoms with Crippen molar-refractivity contribution < 1.29 is 9.21 Å². The molecular formula is C19H19N3O3. The predicted molar refractivity (Wildman–Crippen MR) is 93.6 cm³/mol. The van der Waals surface area contributed by atoms with Gasteiger partial charge in [0.1, 0.15) is 11.4 Å². The van der Waals surface area contributed by atoms with Crippen LogP contribution in [0, 0.1) is 0 Å². The van der Waals surface area contributed by atoms with E-state index in [2.05, 4.69) is 4.98 Å². The van der Waals surface area contributed by atoms with Gasteiger partial charge in [0.15, 0.2) is 11.2 Å². The van der Waals surface area contributed by atoms with Crippen LogP contribution in [0.15, 0.2) is 51.9 Å². The van der Waals surface area contributed by atoms with Crippen LogP contribution in [0.1, 0.15) is 35.1 Å². The van der Waals surface area contributed by atoms with Gasteiger partial charge < -0.3 is 13.9 Å². The molecule has 4 rings (SSSR count). The summed E-state index contributed by atoms with van der Waals surface area (Å²) < 4.78 is 7.69. The Kier molecular flexibility index (Phi) is 3.87. The Labute approximate surface area is 144 Å². The number of carbonyl (C=O) groups excluding carboxylic acids is 1. The molecule has 1 aliphatic rings. The van der Waals surface area contributed by atoms with Crippen LogP contribution in [0.3, 0.4) is 0 Å². The molecule has 1 aromatic carbocycles. The molecule has 1 amide bonds. The molecule has 0 bridgehead atoms. The number of amides is 1. The van der Waals surface area contributed by atoms with E-state index in [4.69, 9.17) is 4.42 Å². The third kappa shape index (κ3) is 2.84. The molecule has 25 heavy (non-hydrogen) atoms. The summed E-state index contributed by atoms with van der Waals surface area (Å²) in [7, 11) is 1.96. The number of aromatic nitrogens is 2. The monoisotopic (exact) mass is 337 g/mol. The molecule has 1 fully saturated rings. The third-order valence-corrected chi connectivity index (χ3v) is 4.78. The minimum Gasteiger partial charge on any atom is -0.451 e. The van der Waals surface area contributed by atoms with Crippen molar-refractivity contribution in [3.8, 4) is 0 Å². The zero-order valence-corrected chi connectivity index (χ0v) is 14.0. The molecule has 0 N–H and O–H groups in total. The second-order valence-corrected chi connectivity index (χ2v) is 6.46. The highest BCUT2D eigenvalue weighted by Crippen LogP contribution is 2.26. The molecule has 1 aliphatic heterocycles. The number of fused-ring (bicyclic) bond motifs is 1. The van der Waals surface area contributed by atoms with E-state index in [1.807, 2.05) is 17.8 Å². The topological polar surface area (TPSA) is 68.3 Å². The fraction of sp³-hybridized carbons (Fsp3) is 0.316. The Morgan fingerprint density at radius 1 is 1.32 bits per heavy atom. The van der Waals surface area contributed by atoms with Crippen LogP contribution in [0.5, 0.6) is 0 Å². The Bertz CT molecular complexity index is 989. The van der Waals surface area contributed by atoms with Crippen molar-refractivity contribution in [2.75, 3.05) is 13.1 Å². The molecule has 1 atom stereocenters. The van der Waals surface area contributed by atoms with Crippen molar-refractivity contribution in [3.05, 3.63) is 64.5 Å². The van der Waals surface area contributed by atoms with Crippen molar-refractivity contribution in [2.45, 2.75) is 18.8 Å². The molecule has 6 heteroatoms. The standard InChI is InChI=1S/C19H19N3O3/c1-21-10-8-20-18(21)13-5-4-9-22(12-13)19(24)17-11-15(23)14-6-2-3-7-16(14)25-17/h2-3,6-8,10-11,13H,4-5,9,12H2,1H3/t13-/m1/s1. The average molecular weight is 337 g/mol. The molecular weight excluding hydrogens is 318 g/mol. The number of likely N-dealkylation sites (tertiary alicyclic amines) is 1. The van der Waals surface area contributed by atoms with Crippen molar-refractivity contribution in [1.29, 1.82) is 0 Å². The van der Waals surface area contributed by atoms with Crippen LogP contribution in [0.2, 0.25) is 0 Å². The number of aryl methyl sites for hydroxylation is 1. The molecule has 6 nitrogen and oxygen atoms in total. The number of hydrogen-bond acceptors (Lipinski definition) is 4. The van der Waals surface area contributed by atoms with Gasteiger partial charge in [0.2, 0.25) is 0 Å². The number of piperidine rings is 1. The summed E-state index contributed by atoms with van der Waals surface area (Å²) in [5.41, 5.74) is 0.249. The Balaban J connectivity index is 1.62. The predicted octanol–water partition coefficient (Wildman–Crippen LogP) is 2.55. The smallest absolute Gasteiger partial charge is 0.289 e. The first kappa shape index (κ1) is 15.6. The molecule has 3 aromatic rings. The average Bonchev–Trinajstić information content (AvgIpc) is 3.07. The Morgan fingerprint density at radius 2 is 2.16 bits per heavy atom. The summed E-state index contributed by atoms with van der Waals surface area (Å²) in [5, 5.41) is 0.489. The van der Waals surface area contributed by atoms with Crippen LogP contribution in [-0.4, -0.2) is 33.4 Å². The fourth-order valence-corrected chi connectivity index (χ4v) is 3.51. The van der Waals surface area contributed by atoms with E-state index < -0.39 is 0 Å². The minimum atomic E-state index is -0.234.